The maximum absolute atomic E-state index is 4.29. The van der Waals surface area contributed by atoms with Crippen LogP contribution >= 0.6 is 15.9 Å². The molecular weight excluding hydrogens is 308 g/mol. The Labute approximate surface area is 116 Å². The minimum absolute atomic E-state index is 0.706. The molecule has 96 valence electrons. The molecule has 6 heteroatoms. The minimum Gasteiger partial charge on any atom is -0.379 e. The van der Waals surface area contributed by atoms with Crippen molar-refractivity contribution < 1.29 is 0 Å². The largest absolute Gasteiger partial charge is 0.379 e. The van der Waals surface area contributed by atoms with Gasteiger partial charge in [-0.2, -0.15) is 15.4 Å². The maximum Gasteiger partial charge on any atom is 0.106 e. The predicted molar refractivity (Wildman–Crippen MR) is 80.8 cm³/mol. The van der Waals surface area contributed by atoms with E-state index in [1.807, 2.05) is 24.3 Å². The number of halogens is 1. The minimum atomic E-state index is -1.43. The summed E-state index contributed by atoms with van der Waals surface area (Å²) in [6.07, 6.45) is 0. The number of nitrogens with one attached hydrogen (secondary N) is 2. The lowest BCUT2D eigenvalue weighted by atomic mass is 10.3. The number of rotatable bonds is 4. The highest BCUT2D eigenvalue weighted by Gasteiger charge is 2.24. The normalized spacial score (nSPS) is 11.6. The van der Waals surface area contributed by atoms with Crippen molar-refractivity contribution in [2.45, 2.75) is 26.2 Å². The van der Waals surface area contributed by atoms with Crippen molar-refractivity contribution >= 4 is 35.0 Å². The first kappa shape index (κ1) is 13.3. The predicted octanol–water partition coefficient (Wildman–Crippen LogP) is 2.72. The van der Waals surface area contributed by atoms with Crippen LogP contribution in [0, 0.1) is 0 Å². The third kappa shape index (κ3) is 3.20. The number of hydrogen-bond acceptors (Lipinski definition) is 3. The van der Waals surface area contributed by atoms with Crippen molar-refractivity contribution in [3.63, 3.8) is 0 Å². The Morgan fingerprint density at radius 3 is 2.44 bits per heavy atom. The lowest BCUT2D eigenvalue weighted by Crippen LogP contribution is -2.41. The Kier molecular flexibility index (Phi) is 3.87. The second kappa shape index (κ2) is 5.24. The first-order valence-electron chi connectivity index (χ1n) is 5.86. The van der Waals surface area contributed by atoms with Crippen molar-refractivity contribution in [3.8, 4) is 0 Å². The van der Waals surface area contributed by atoms with Crippen LogP contribution in [0.5, 0.6) is 0 Å². The summed E-state index contributed by atoms with van der Waals surface area (Å²) in [6.45, 7) is 7.52. The summed E-state index contributed by atoms with van der Waals surface area (Å²) in [7, 11) is -1.43. The van der Waals surface area contributed by atoms with Crippen LogP contribution in [-0.2, 0) is 6.54 Å². The Morgan fingerprint density at radius 2 is 1.83 bits per heavy atom. The van der Waals surface area contributed by atoms with Gasteiger partial charge in [-0.3, -0.25) is 0 Å². The third-order valence-corrected chi connectivity index (χ3v) is 4.98. The Balaban J connectivity index is 2.07. The van der Waals surface area contributed by atoms with Gasteiger partial charge in [0, 0.05) is 10.2 Å². The van der Waals surface area contributed by atoms with E-state index in [9.17, 15) is 0 Å². The molecule has 2 aromatic rings. The average Bonchev–Trinajstić information content (AvgIpc) is 2.76. The summed E-state index contributed by atoms with van der Waals surface area (Å²) in [5.41, 5.74) is 2.11. The quantitative estimate of drug-likeness (QED) is 0.850. The molecule has 0 aliphatic carbocycles. The number of hydrogen-bond donors (Lipinski definition) is 2. The molecule has 2 N–H and O–H groups in total. The number of nitrogens with zero attached hydrogens (tertiary/aromatic N) is 2. The van der Waals surface area contributed by atoms with Gasteiger partial charge in [-0.1, -0.05) is 35.6 Å². The molecule has 0 fully saturated rings. The van der Waals surface area contributed by atoms with E-state index in [1.54, 1.807) is 0 Å². The van der Waals surface area contributed by atoms with Gasteiger partial charge in [0.2, 0.25) is 0 Å². The van der Waals surface area contributed by atoms with Gasteiger partial charge in [0.1, 0.15) is 13.8 Å². The summed E-state index contributed by atoms with van der Waals surface area (Å²) < 4.78 is 1.08. The number of H-pyrrole nitrogens is 1. The number of anilines is 1. The van der Waals surface area contributed by atoms with Crippen LogP contribution in [0.25, 0.3) is 0 Å². The van der Waals surface area contributed by atoms with Crippen molar-refractivity contribution in [1.82, 2.24) is 15.4 Å². The van der Waals surface area contributed by atoms with Gasteiger partial charge in [0.25, 0.3) is 0 Å². The van der Waals surface area contributed by atoms with E-state index in [0.717, 1.165) is 21.2 Å². The summed E-state index contributed by atoms with van der Waals surface area (Å²) in [5.74, 6) is 0. The van der Waals surface area contributed by atoms with Crippen LogP contribution in [0.1, 0.15) is 5.69 Å². The van der Waals surface area contributed by atoms with E-state index >= 15 is 0 Å². The third-order valence-electron chi connectivity index (χ3n) is 2.63. The molecule has 1 heterocycles. The van der Waals surface area contributed by atoms with E-state index in [4.69, 9.17) is 0 Å². The first-order valence-corrected chi connectivity index (χ1v) is 10.2. The molecule has 2 rings (SSSR count). The second-order valence-electron chi connectivity index (χ2n) is 5.23. The molecule has 0 saturated heterocycles. The Bertz CT molecular complexity index is 516. The molecule has 0 aliphatic heterocycles. The molecule has 18 heavy (non-hydrogen) atoms. The molecule has 0 spiro atoms. The Morgan fingerprint density at radius 1 is 1.17 bits per heavy atom. The molecule has 0 radical (unpaired) electrons. The fraction of sp³-hybridized carbons (Fsp3) is 0.333. The summed E-state index contributed by atoms with van der Waals surface area (Å²) >= 11 is 3.42. The van der Waals surface area contributed by atoms with Crippen LogP contribution in [-0.4, -0.2) is 23.5 Å². The van der Waals surface area contributed by atoms with E-state index in [1.165, 1.54) is 0 Å². The zero-order valence-corrected chi connectivity index (χ0v) is 13.4. The van der Waals surface area contributed by atoms with Gasteiger partial charge < -0.3 is 5.32 Å². The molecule has 0 aliphatic rings. The highest BCUT2D eigenvalue weighted by atomic mass is 79.9. The van der Waals surface area contributed by atoms with Gasteiger partial charge in [0.15, 0.2) is 0 Å². The average molecular weight is 325 g/mol. The lowest BCUT2D eigenvalue weighted by molar-refractivity contribution is 0.912. The van der Waals surface area contributed by atoms with Gasteiger partial charge in [-0.15, -0.1) is 0 Å². The Hall–Kier alpha value is -1.14. The monoisotopic (exact) mass is 324 g/mol. The molecule has 0 saturated carbocycles. The highest BCUT2D eigenvalue weighted by Crippen LogP contribution is 2.14. The summed E-state index contributed by atoms with van der Waals surface area (Å²) in [6, 6.07) is 8.12. The van der Waals surface area contributed by atoms with Crippen molar-refractivity contribution in [1.29, 1.82) is 0 Å². The van der Waals surface area contributed by atoms with Crippen LogP contribution in [0.2, 0.25) is 19.6 Å². The molecule has 0 atom stereocenters. The van der Waals surface area contributed by atoms with Gasteiger partial charge in [0.05, 0.1) is 11.9 Å². The SMILES string of the molecule is C[Si](C)(C)c1n[nH]nc1CNc1ccc(Br)cc1. The lowest BCUT2D eigenvalue weighted by Gasteiger charge is -2.14. The van der Waals surface area contributed by atoms with Crippen LogP contribution in [0.4, 0.5) is 5.69 Å². The smallest absolute Gasteiger partial charge is 0.106 e. The summed E-state index contributed by atoms with van der Waals surface area (Å²) in [4.78, 5) is 0. The van der Waals surface area contributed by atoms with Crippen molar-refractivity contribution in [3.05, 3.63) is 34.4 Å². The van der Waals surface area contributed by atoms with E-state index < -0.39 is 8.07 Å². The van der Waals surface area contributed by atoms with Crippen LogP contribution in [0.3, 0.4) is 0 Å². The van der Waals surface area contributed by atoms with Gasteiger partial charge >= 0.3 is 0 Å². The van der Waals surface area contributed by atoms with Crippen molar-refractivity contribution in [2.75, 3.05) is 5.32 Å². The summed E-state index contributed by atoms with van der Waals surface area (Å²) in [5, 5.41) is 15.8. The molecule has 0 bridgehead atoms. The number of aromatic amines is 1. The van der Waals surface area contributed by atoms with Crippen LogP contribution < -0.4 is 10.6 Å². The van der Waals surface area contributed by atoms with Crippen molar-refractivity contribution in [2.24, 2.45) is 0 Å². The molecule has 1 aromatic carbocycles. The van der Waals surface area contributed by atoms with Gasteiger partial charge in [-0.25, -0.2) is 0 Å². The van der Waals surface area contributed by atoms with Gasteiger partial charge in [-0.05, 0) is 24.3 Å². The molecule has 4 nitrogen and oxygen atoms in total. The fourth-order valence-electron chi connectivity index (χ4n) is 1.73. The van der Waals surface area contributed by atoms with E-state index in [0.29, 0.717) is 6.54 Å². The number of benzene rings is 1. The molecule has 0 unspecified atom stereocenters. The zero-order valence-electron chi connectivity index (χ0n) is 10.8. The molecule has 0 amide bonds. The zero-order chi connectivity index (χ0) is 13.2. The fourth-order valence-corrected chi connectivity index (χ4v) is 3.39. The van der Waals surface area contributed by atoms with E-state index in [-0.39, 0.29) is 0 Å². The number of aromatic nitrogens is 3. The van der Waals surface area contributed by atoms with E-state index in [2.05, 4.69) is 56.3 Å². The maximum atomic E-state index is 4.29. The topological polar surface area (TPSA) is 53.6 Å². The standard InChI is InChI=1S/C12H17BrN4Si/c1-18(2,3)12-11(15-17-16-12)8-14-10-6-4-9(13)5-7-10/h4-7,14H,8H2,1-3H3,(H,15,16,17). The first-order chi connectivity index (χ1) is 8.47. The molecule has 1 aromatic heterocycles. The second-order valence-corrected chi connectivity index (χ2v) is 11.1. The van der Waals surface area contributed by atoms with Crippen LogP contribution in [0.15, 0.2) is 28.7 Å². The highest BCUT2D eigenvalue weighted by molar-refractivity contribution is 9.10. The molecular formula is C12H17BrN4Si.